The van der Waals surface area contributed by atoms with Crippen LogP contribution in [0.2, 0.25) is 0 Å². The van der Waals surface area contributed by atoms with E-state index in [1.54, 1.807) is 7.11 Å². The van der Waals surface area contributed by atoms with Crippen molar-refractivity contribution in [2.75, 3.05) is 7.11 Å². The van der Waals surface area contributed by atoms with Gasteiger partial charge >= 0.3 is 0 Å². The lowest BCUT2D eigenvalue weighted by atomic mass is 9.89. The van der Waals surface area contributed by atoms with Crippen LogP contribution < -0.4 is 10.1 Å². The molecule has 1 aromatic rings. The summed E-state index contributed by atoms with van der Waals surface area (Å²) in [6, 6.07) is 8.14. The highest BCUT2D eigenvalue weighted by atomic mass is 16.5. The van der Waals surface area contributed by atoms with Crippen molar-refractivity contribution in [3.63, 3.8) is 0 Å². The van der Waals surface area contributed by atoms with E-state index < -0.39 is 0 Å². The fourth-order valence-corrected chi connectivity index (χ4v) is 5.47. The summed E-state index contributed by atoms with van der Waals surface area (Å²) in [5.74, 6) is 2.29. The van der Waals surface area contributed by atoms with Gasteiger partial charge in [0.15, 0.2) is 0 Å². The normalized spacial score (nSPS) is 21.6. The molecule has 0 aromatic heterocycles. The van der Waals surface area contributed by atoms with E-state index in [1.165, 1.54) is 12.8 Å². The maximum absolute atomic E-state index is 12.6. The summed E-state index contributed by atoms with van der Waals surface area (Å²) in [5.41, 5.74) is 1.16. The summed E-state index contributed by atoms with van der Waals surface area (Å²) in [7, 11) is 1.66. The zero-order valence-electron chi connectivity index (χ0n) is 22.4. The molecule has 0 heterocycles. The van der Waals surface area contributed by atoms with Gasteiger partial charge < -0.3 is 15.2 Å². The minimum Gasteiger partial charge on any atom is -0.497 e. The first-order chi connectivity index (χ1) is 17.5. The Labute approximate surface area is 218 Å². The third-order valence-electron chi connectivity index (χ3n) is 7.89. The smallest absolute Gasteiger partial charge is 0.220 e. The number of methoxy groups -OCH3 is 1. The van der Waals surface area contributed by atoms with Crippen LogP contribution in [0.1, 0.15) is 108 Å². The number of hydrogen-bond acceptors (Lipinski definition) is 4. The zero-order valence-corrected chi connectivity index (χ0v) is 22.4. The van der Waals surface area contributed by atoms with Crippen molar-refractivity contribution in [2.24, 2.45) is 17.8 Å². The lowest BCUT2D eigenvalue weighted by Gasteiger charge is -2.19. The maximum atomic E-state index is 12.6. The fourth-order valence-electron chi connectivity index (χ4n) is 5.47. The molecule has 2 N–H and O–H groups in total. The van der Waals surface area contributed by atoms with Crippen LogP contribution in [0.4, 0.5) is 0 Å². The van der Waals surface area contributed by atoms with E-state index in [4.69, 9.17) is 4.74 Å². The van der Waals surface area contributed by atoms with Gasteiger partial charge in [0.1, 0.15) is 11.5 Å². The topological polar surface area (TPSA) is 75.6 Å². The third-order valence-corrected chi connectivity index (χ3v) is 7.89. The first kappa shape index (κ1) is 28.4. The number of Topliss-reactive ketones (excluding diaryl/α,β-unsaturated/α-hetero) is 1. The number of aliphatic hydroxyl groups is 1. The molecule has 0 saturated heterocycles. The summed E-state index contributed by atoms with van der Waals surface area (Å²) in [5, 5.41) is 13.4. The highest BCUT2D eigenvalue weighted by Gasteiger charge is 2.34. The van der Waals surface area contributed by atoms with Gasteiger partial charge in [0, 0.05) is 18.8 Å². The predicted octanol–water partition coefficient (Wildman–Crippen LogP) is 6.70. The molecule has 200 valence electrons. The van der Waals surface area contributed by atoms with Gasteiger partial charge in [-0.3, -0.25) is 9.59 Å². The molecule has 0 bridgehead atoms. The monoisotopic (exact) mass is 497 g/mol. The minimum atomic E-state index is -0.386. The van der Waals surface area contributed by atoms with Crippen molar-refractivity contribution in [3.05, 3.63) is 42.0 Å². The number of ether oxygens (including phenoxy) is 1. The van der Waals surface area contributed by atoms with Crippen molar-refractivity contribution in [1.82, 2.24) is 5.32 Å². The first-order valence-corrected chi connectivity index (χ1v) is 14.3. The molecule has 0 aliphatic heterocycles. The maximum Gasteiger partial charge on any atom is 0.220 e. The molecule has 5 heteroatoms. The number of aliphatic hydroxyl groups excluding tert-OH is 1. The van der Waals surface area contributed by atoms with Crippen LogP contribution >= 0.6 is 0 Å². The molecular weight excluding hydrogens is 450 g/mol. The number of hydrogen-bond donors (Lipinski definition) is 2. The summed E-state index contributed by atoms with van der Waals surface area (Å²) in [6.07, 6.45) is 17.2. The van der Waals surface area contributed by atoms with Crippen molar-refractivity contribution >= 4 is 11.7 Å². The van der Waals surface area contributed by atoms with Crippen LogP contribution in [-0.4, -0.2) is 30.0 Å². The van der Waals surface area contributed by atoms with Crippen molar-refractivity contribution in [3.8, 4) is 5.75 Å². The van der Waals surface area contributed by atoms with Crippen LogP contribution in [0.5, 0.6) is 5.75 Å². The summed E-state index contributed by atoms with van der Waals surface area (Å²) in [6.45, 7) is 2.17. The van der Waals surface area contributed by atoms with E-state index in [-0.39, 0.29) is 29.9 Å². The van der Waals surface area contributed by atoms with E-state index in [0.29, 0.717) is 24.5 Å². The van der Waals surface area contributed by atoms with Crippen LogP contribution in [0.25, 0.3) is 0 Å². The zero-order chi connectivity index (χ0) is 25.8. The van der Waals surface area contributed by atoms with E-state index in [1.807, 2.05) is 18.2 Å². The molecule has 0 unspecified atom stereocenters. The van der Waals surface area contributed by atoms with Gasteiger partial charge in [-0.15, -0.1) is 0 Å². The Hall–Kier alpha value is -2.14. The molecule has 1 amide bonds. The van der Waals surface area contributed by atoms with E-state index in [2.05, 4.69) is 30.4 Å². The molecule has 2 fully saturated rings. The lowest BCUT2D eigenvalue weighted by molar-refractivity contribution is -0.122. The van der Waals surface area contributed by atoms with Crippen LogP contribution in [-0.2, 0) is 9.59 Å². The summed E-state index contributed by atoms with van der Waals surface area (Å²) >= 11 is 0. The van der Waals surface area contributed by atoms with Gasteiger partial charge in [-0.2, -0.15) is 0 Å². The Kier molecular flexibility index (Phi) is 12.0. The number of rotatable bonds is 17. The Morgan fingerprint density at radius 3 is 2.53 bits per heavy atom. The lowest BCUT2D eigenvalue weighted by Crippen LogP contribution is -2.29. The Morgan fingerprint density at radius 1 is 1.08 bits per heavy atom. The first-order valence-electron chi connectivity index (χ1n) is 14.3. The summed E-state index contributed by atoms with van der Waals surface area (Å²) in [4.78, 5) is 25.0. The van der Waals surface area contributed by atoms with Crippen LogP contribution in [0.3, 0.4) is 0 Å². The Morgan fingerprint density at radius 2 is 1.83 bits per heavy atom. The number of allylic oxidation sites excluding steroid dienone is 1. The van der Waals surface area contributed by atoms with Gasteiger partial charge in [-0.25, -0.2) is 0 Å². The summed E-state index contributed by atoms with van der Waals surface area (Å²) < 4.78 is 5.25. The van der Waals surface area contributed by atoms with Crippen LogP contribution in [0, 0.1) is 17.8 Å². The molecule has 2 saturated carbocycles. The van der Waals surface area contributed by atoms with Crippen molar-refractivity contribution in [1.29, 1.82) is 0 Å². The average Bonchev–Trinajstić information content (AvgIpc) is 3.67. The number of carbonyl (C=O) groups is 2. The largest absolute Gasteiger partial charge is 0.497 e. The molecule has 3 rings (SSSR count). The Bertz CT molecular complexity index is 829. The SMILES string of the molecule is CCCCC[C@H](O)/C=C/[C@H]1CCC(=O)[C@@H]1CCCCCCC(=O)N[C@@H](c1ccc(OC)cc1)C1CC1. The van der Waals surface area contributed by atoms with Crippen molar-refractivity contribution < 1.29 is 19.4 Å². The predicted molar refractivity (Wildman–Crippen MR) is 145 cm³/mol. The second-order valence-electron chi connectivity index (χ2n) is 10.8. The third kappa shape index (κ3) is 9.38. The fraction of sp³-hybridized carbons (Fsp3) is 0.677. The average molecular weight is 498 g/mol. The number of ketones is 1. The number of unbranched alkanes of at least 4 members (excludes halogenated alkanes) is 5. The highest BCUT2D eigenvalue weighted by Crippen LogP contribution is 2.41. The van der Waals surface area contributed by atoms with Gasteiger partial charge in [-0.05, 0) is 68.1 Å². The van der Waals surface area contributed by atoms with Gasteiger partial charge in [0.25, 0.3) is 0 Å². The molecule has 36 heavy (non-hydrogen) atoms. The molecule has 0 radical (unpaired) electrons. The number of benzene rings is 1. The van der Waals surface area contributed by atoms with E-state index in [9.17, 15) is 14.7 Å². The standard InChI is InChI=1S/C31H47NO4/c1-3-4-7-10-26(33)19-15-23-18-22-29(34)28(23)11-8-5-6-9-12-30(35)32-31(24-13-14-24)25-16-20-27(36-2)21-17-25/h15-17,19-21,23-24,26,28,31,33H,3-14,18,22H2,1-2H3,(H,32,35)/b19-15+/t23-,26-,28+,31+/m0/s1. The van der Waals surface area contributed by atoms with Crippen LogP contribution in [0.15, 0.2) is 36.4 Å². The molecule has 5 nitrogen and oxygen atoms in total. The Balaban J connectivity index is 1.32. The number of nitrogens with one attached hydrogen (secondary N) is 1. The second-order valence-corrected chi connectivity index (χ2v) is 10.8. The van der Waals surface area contributed by atoms with Gasteiger partial charge in [0.05, 0.1) is 19.3 Å². The quantitative estimate of drug-likeness (QED) is 0.186. The molecule has 4 atom stereocenters. The minimum absolute atomic E-state index is 0.104. The van der Waals surface area contributed by atoms with E-state index in [0.717, 1.165) is 75.5 Å². The molecule has 2 aliphatic carbocycles. The molecule has 0 spiro atoms. The highest BCUT2D eigenvalue weighted by molar-refractivity contribution is 5.83. The van der Waals surface area contributed by atoms with Crippen molar-refractivity contribution in [2.45, 2.75) is 109 Å². The molecule has 2 aliphatic rings. The molecular formula is C31H47NO4. The number of amides is 1. The number of carbonyl (C=O) groups excluding carboxylic acids is 2. The van der Waals surface area contributed by atoms with E-state index >= 15 is 0 Å². The molecule has 1 aromatic carbocycles. The second kappa shape index (κ2) is 15.2. The van der Waals surface area contributed by atoms with Gasteiger partial charge in [0.2, 0.25) is 5.91 Å². The van der Waals surface area contributed by atoms with Gasteiger partial charge in [-0.1, -0.05) is 69.7 Å².